The fourth-order valence-corrected chi connectivity index (χ4v) is 2.72. The molecule has 0 unspecified atom stereocenters. The van der Waals surface area contributed by atoms with Crippen LogP contribution in [0.5, 0.6) is 0 Å². The van der Waals surface area contributed by atoms with E-state index in [9.17, 15) is 0 Å². The monoisotopic (exact) mass is 474 g/mol. The van der Waals surface area contributed by atoms with Gasteiger partial charge in [-0.25, -0.2) is 4.98 Å². The molecule has 4 nitrogen and oxygen atoms in total. The highest BCUT2D eigenvalue weighted by Crippen LogP contribution is 2.19. The topological polar surface area (TPSA) is 66.2 Å². The minimum Gasteiger partial charge on any atom is -0.423 e. The first kappa shape index (κ1) is 26.6. The summed E-state index contributed by atoms with van der Waals surface area (Å²) in [5.74, 6) is 0. The summed E-state index contributed by atoms with van der Waals surface area (Å²) in [6.07, 6.45) is 3.27. The molecule has 160 valence electrons. The van der Waals surface area contributed by atoms with Gasteiger partial charge in [-0.1, -0.05) is 103 Å². The molecule has 0 amide bonds. The summed E-state index contributed by atoms with van der Waals surface area (Å²) in [6, 6.07) is 25.5. The summed E-state index contributed by atoms with van der Waals surface area (Å²) in [6.45, 7) is 0. The molecule has 0 fully saturated rings. The van der Waals surface area contributed by atoms with Crippen LogP contribution in [0.3, 0.4) is 0 Å². The zero-order valence-electron chi connectivity index (χ0n) is 15.7. The molecule has 0 aliphatic carbocycles. The molecule has 4 rings (SSSR count). The van der Waals surface area contributed by atoms with Gasteiger partial charge in [0.15, 0.2) is 0 Å². The minimum atomic E-state index is -1.34. The Morgan fingerprint density at radius 3 is 1.58 bits per heavy atom. The van der Waals surface area contributed by atoms with Crippen LogP contribution in [0.2, 0.25) is 15.2 Å². The predicted octanol–water partition coefficient (Wildman–Crippen LogP) is 5.79. The maximum absolute atomic E-state index is 8.58. The molecule has 0 spiro atoms. The summed E-state index contributed by atoms with van der Waals surface area (Å²) in [7, 11) is -1.34. The predicted molar refractivity (Wildman–Crippen MR) is 132 cm³/mol. The molecule has 0 atom stereocenters. The largest absolute Gasteiger partial charge is 0.488 e. The molecule has 31 heavy (non-hydrogen) atoms. The van der Waals surface area contributed by atoms with Gasteiger partial charge in [-0.3, -0.25) is 4.98 Å². The zero-order valence-corrected chi connectivity index (χ0v) is 18.0. The lowest BCUT2D eigenvalue weighted by Gasteiger charge is -1.99. The zero-order chi connectivity index (χ0) is 21.8. The number of pyridine rings is 2. The summed E-state index contributed by atoms with van der Waals surface area (Å²) < 4.78 is 0. The molecular formula is C23H22BCl3N2O2. The molecule has 0 bridgehead atoms. The van der Waals surface area contributed by atoms with Crippen molar-refractivity contribution in [3.05, 3.63) is 113 Å². The van der Waals surface area contributed by atoms with E-state index >= 15 is 0 Å². The first-order valence-corrected chi connectivity index (χ1v) is 9.94. The second-order valence-electron chi connectivity index (χ2n) is 5.81. The molecule has 0 saturated carbocycles. The Hall–Kier alpha value is -2.41. The van der Waals surface area contributed by atoms with E-state index in [4.69, 9.17) is 44.9 Å². The molecule has 2 aromatic heterocycles. The normalized spacial score (nSPS) is 9.19. The summed E-state index contributed by atoms with van der Waals surface area (Å²) in [4.78, 5) is 7.95. The van der Waals surface area contributed by atoms with Crippen LogP contribution in [-0.2, 0) is 0 Å². The van der Waals surface area contributed by atoms with E-state index in [1.165, 1.54) is 0 Å². The second-order valence-corrected chi connectivity index (χ2v) is 7.07. The molecule has 4 aromatic rings. The van der Waals surface area contributed by atoms with Crippen LogP contribution < -0.4 is 5.46 Å². The molecule has 0 saturated heterocycles. The lowest BCUT2D eigenvalue weighted by atomic mass is 9.81. The highest BCUT2D eigenvalue weighted by Gasteiger charge is 2.07. The second kappa shape index (κ2) is 14.6. The number of aromatic nitrogens is 2. The third-order valence-electron chi connectivity index (χ3n) is 3.58. The average Bonchev–Trinajstić information content (AvgIpc) is 2.76. The van der Waals surface area contributed by atoms with Gasteiger partial charge in [0.1, 0.15) is 5.15 Å². The molecule has 8 heteroatoms. The quantitative estimate of drug-likeness (QED) is 0.284. The Morgan fingerprint density at radius 1 is 0.645 bits per heavy atom. The minimum absolute atomic E-state index is 0. The van der Waals surface area contributed by atoms with Crippen molar-refractivity contribution < 1.29 is 10.0 Å². The van der Waals surface area contributed by atoms with Crippen molar-refractivity contribution in [2.45, 2.75) is 7.43 Å². The van der Waals surface area contributed by atoms with Crippen LogP contribution >= 0.6 is 34.8 Å². The average molecular weight is 476 g/mol. The SMILES string of the molecule is C.Clc1ccnc(-c2ccccc2)c1.Clc1ccnc(Cl)c1.OB(O)c1ccccc1. The van der Waals surface area contributed by atoms with Crippen LogP contribution in [0.4, 0.5) is 0 Å². The van der Waals surface area contributed by atoms with Crippen molar-refractivity contribution >= 4 is 47.4 Å². The van der Waals surface area contributed by atoms with Gasteiger partial charge < -0.3 is 10.0 Å². The van der Waals surface area contributed by atoms with Gasteiger partial charge in [-0.05, 0) is 29.7 Å². The number of hydrogen-bond donors (Lipinski definition) is 2. The van der Waals surface area contributed by atoms with Crippen molar-refractivity contribution in [2.24, 2.45) is 0 Å². The third kappa shape index (κ3) is 10.4. The lowest BCUT2D eigenvalue weighted by Crippen LogP contribution is -2.29. The Morgan fingerprint density at radius 2 is 1.16 bits per heavy atom. The molecule has 2 heterocycles. The van der Waals surface area contributed by atoms with Gasteiger partial charge in [0, 0.05) is 28.0 Å². The Balaban J connectivity index is 0.000000238. The molecular weight excluding hydrogens is 453 g/mol. The van der Waals surface area contributed by atoms with E-state index < -0.39 is 7.12 Å². The van der Waals surface area contributed by atoms with Gasteiger partial charge in [-0.2, -0.15) is 0 Å². The van der Waals surface area contributed by atoms with Crippen molar-refractivity contribution in [3.8, 4) is 11.3 Å². The van der Waals surface area contributed by atoms with Crippen molar-refractivity contribution in [1.29, 1.82) is 0 Å². The summed E-state index contributed by atoms with van der Waals surface area (Å²) in [5, 5.41) is 18.9. The fourth-order valence-electron chi connectivity index (χ4n) is 2.18. The first-order chi connectivity index (χ1) is 14.5. The molecule has 0 radical (unpaired) electrons. The number of hydrogen-bond acceptors (Lipinski definition) is 4. The maximum atomic E-state index is 8.58. The van der Waals surface area contributed by atoms with Gasteiger partial charge in [-0.15, -0.1) is 0 Å². The van der Waals surface area contributed by atoms with Crippen molar-refractivity contribution in [2.75, 3.05) is 0 Å². The van der Waals surface area contributed by atoms with Gasteiger partial charge >= 0.3 is 7.12 Å². The van der Waals surface area contributed by atoms with Crippen LogP contribution in [0.25, 0.3) is 11.3 Å². The van der Waals surface area contributed by atoms with Crippen molar-refractivity contribution in [1.82, 2.24) is 9.97 Å². The molecule has 0 aliphatic heterocycles. The molecule has 2 N–H and O–H groups in total. The number of halogens is 3. The van der Waals surface area contributed by atoms with E-state index in [2.05, 4.69) is 9.97 Å². The fraction of sp³-hybridized carbons (Fsp3) is 0.0435. The van der Waals surface area contributed by atoms with E-state index in [0.717, 1.165) is 11.3 Å². The van der Waals surface area contributed by atoms with Crippen LogP contribution in [0, 0.1) is 0 Å². The van der Waals surface area contributed by atoms with Crippen LogP contribution in [0.1, 0.15) is 7.43 Å². The van der Waals surface area contributed by atoms with Gasteiger partial charge in [0.25, 0.3) is 0 Å². The van der Waals surface area contributed by atoms with Gasteiger partial charge in [0.2, 0.25) is 0 Å². The molecule has 0 aliphatic rings. The highest BCUT2D eigenvalue weighted by atomic mass is 35.5. The van der Waals surface area contributed by atoms with E-state index in [1.54, 1.807) is 54.9 Å². The van der Waals surface area contributed by atoms with Gasteiger partial charge in [0.05, 0.1) is 5.69 Å². The first-order valence-electron chi connectivity index (χ1n) is 8.81. The number of nitrogens with zero attached hydrogens (tertiary/aromatic N) is 2. The Labute approximate surface area is 198 Å². The number of benzene rings is 2. The summed E-state index contributed by atoms with van der Waals surface area (Å²) in [5.41, 5.74) is 2.52. The van der Waals surface area contributed by atoms with E-state index in [1.807, 2.05) is 42.5 Å². The summed E-state index contributed by atoms with van der Waals surface area (Å²) >= 11 is 16.8. The lowest BCUT2D eigenvalue weighted by molar-refractivity contribution is 0.426. The number of rotatable bonds is 2. The third-order valence-corrected chi connectivity index (χ3v) is 4.25. The highest BCUT2D eigenvalue weighted by molar-refractivity contribution is 6.58. The molecule has 2 aromatic carbocycles. The van der Waals surface area contributed by atoms with E-state index in [0.29, 0.717) is 20.7 Å². The van der Waals surface area contributed by atoms with E-state index in [-0.39, 0.29) is 7.43 Å². The Bertz CT molecular complexity index is 1010. The van der Waals surface area contributed by atoms with Crippen LogP contribution in [0.15, 0.2) is 97.3 Å². The smallest absolute Gasteiger partial charge is 0.423 e. The Kier molecular flexibility index (Phi) is 12.5. The maximum Gasteiger partial charge on any atom is 0.488 e. The van der Waals surface area contributed by atoms with Crippen molar-refractivity contribution in [3.63, 3.8) is 0 Å². The van der Waals surface area contributed by atoms with Crippen LogP contribution in [-0.4, -0.2) is 27.1 Å². The standard InChI is InChI=1S/C11H8ClN.C6H7BO2.C5H3Cl2N.CH4/c12-10-6-7-13-11(8-10)9-4-2-1-3-5-9;8-7(9)6-4-2-1-3-5-6;6-4-1-2-8-5(7)3-4;/h1-8H;1-5,8-9H;1-3H;1H4.